The zero-order chi connectivity index (χ0) is 21.1. The molecule has 10 heteroatoms. The number of halogens is 4. The molecular formula is C20H13ClF3N5O. The van der Waals surface area contributed by atoms with Crippen molar-refractivity contribution in [2.45, 2.75) is 6.18 Å². The van der Waals surface area contributed by atoms with Crippen molar-refractivity contribution in [1.82, 2.24) is 20.2 Å². The molecule has 0 aliphatic rings. The molecule has 2 heterocycles. The first-order valence-corrected chi connectivity index (χ1v) is 9.01. The predicted molar refractivity (Wildman–Crippen MR) is 106 cm³/mol. The smallest absolute Gasteiger partial charge is 0.417 e. The van der Waals surface area contributed by atoms with Crippen LogP contribution in [0, 0.1) is 0 Å². The normalized spacial score (nSPS) is 11.3. The molecule has 152 valence electrons. The number of anilines is 2. The minimum atomic E-state index is -4.56. The summed E-state index contributed by atoms with van der Waals surface area (Å²) >= 11 is 5.65. The van der Waals surface area contributed by atoms with Crippen LogP contribution in [-0.2, 0) is 6.18 Å². The maximum atomic E-state index is 13.1. The standard InChI is InChI=1S/C20H13ClF3N5O/c21-17-6-1-12(11-16(17)20(22,23)24)18-27-19(29-28-18)26-13-2-4-14(5-3-13)30-15-7-9-25-10-8-15/h1-11H,(H2,26,27,28,29). The van der Waals surface area contributed by atoms with E-state index in [-0.39, 0.29) is 22.4 Å². The lowest BCUT2D eigenvalue weighted by Crippen LogP contribution is -2.06. The van der Waals surface area contributed by atoms with Crippen LogP contribution in [0.15, 0.2) is 67.0 Å². The first-order chi connectivity index (χ1) is 14.4. The number of aromatic nitrogens is 4. The third-order valence-corrected chi connectivity index (χ3v) is 4.36. The molecule has 2 aromatic heterocycles. The highest BCUT2D eigenvalue weighted by Gasteiger charge is 2.33. The lowest BCUT2D eigenvalue weighted by atomic mass is 10.1. The summed E-state index contributed by atoms with van der Waals surface area (Å²) in [6.07, 6.45) is -1.30. The van der Waals surface area contributed by atoms with Gasteiger partial charge in [-0.1, -0.05) is 11.6 Å². The molecule has 0 amide bonds. The molecule has 0 spiro atoms. The Bertz CT molecular complexity index is 1150. The summed E-state index contributed by atoms with van der Waals surface area (Å²) in [6, 6.07) is 14.1. The lowest BCUT2D eigenvalue weighted by molar-refractivity contribution is -0.137. The summed E-state index contributed by atoms with van der Waals surface area (Å²) < 4.78 is 44.8. The highest BCUT2D eigenvalue weighted by molar-refractivity contribution is 6.31. The quantitative estimate of drug-likeness (QED) is 0.401. The van der Waals surface area contributed by atoms with Gasteiger partial charge in [-0.3, -0.25) is 4.98 Å². The Morgan fingerprint density at radius 1 is 0.900 bits per heavy atom. The van der Waals surface area contributed by atoms with Crippen molar-refractivity contribution in [2.75, 3.05) is 5.32 Å². The van der Waals surface area contributed by atoms with E-state index in [0.717, 1.165) is 6.07 Å². The van der Waals surface area contributed by atoms with Gasteiger partial charge in [-0.15, -0.1) is 10.2 Å². The van der Waals surface area contributed by atoms with Crippen molar-refractivity contribution >= 4 is 23.2 Å². The van der Waals surface area contributed by atoms with E-state index in [1.54, 1.807) is 48.8 Å². The zero-order valence-electron chi connectivity index (χ0n) is 15.1. The van der Waals surface area contributed by atoms with Gasteiger partial charge in [0.2, 0.25) is 5.95 Å². The molecule has 0 atom stereocenters. The molecule has 4 aromatic rings. The second kappa shape index (κ2) is 8.03. The van der Waals surface area contributed by atoms with Gasteiger partial charge in [0.25, 0.3) is 0 Å². The Labute approximate surface area is 173 Å². The Kier molecular flexibility index (Phi) is 5.28. The van der Waals surface area contributed by atoms with Gasteiger partial charge in [0, 0.05) is 23.6 Å². The minimum Gasteiger partial charge on any atom is -0.457 e. The molecular weight excluding hydrogens is 419 g/mol. The molecule has 0 radical (unpaired) electrons. The van der Waals surface area contributed by atoms with Crippen molar-refractivity contribution < 1.29 is 17.9 Å². The number of rotatable bonds is 5. The number of hydrogen-bond donors (Lipinski definition) is 2. The van der Waals surface area contributed by atoms with Gasteiger partial charge in [0.15, 0.2) is 5.82 Å². The largest absolute Gasteiger partial charge is 0.457 e. The molecule has 0 unspecified atom stereocenters. The van der Waals surface area contributed by atoms with Crippen LogP contribution in [0.1, 0.15) is 5.56 Å². The molecule has 2 aromatic carbocycles. The average Bonchev–Trinajstić information content (AvgIpc) is 3.18. The predicted octanol–water partition coefficient (Wildman–Crippen LogP) is 6.07. The number of aromatic amines is 1. The fraction of sp³-hybridized carbons (Fsp3) is 0.0500. The topological polar surface area (TPSA) is 75.7 Å². The van der Waals surface area contributed by atoms with Crippen LogP contribution in [0.4, 0.5) is 24.8 Å². The number of benzene rings is 2. The van der Waals surface area contributed by atoms with E-state index in [4.69, 9.17) is 16.3 Å². The van der Waals surface area contributed by atoms with Crippen molar-refractivity contribution in [1.29, 1.82) is 0 Å². The fourth-order valence-electron chi connectivity index (χ4n) is 2.62. The highest BCUT2D eigenvalue weighted by atomic mass is 35.5. The number of nitrogens with one attached hydrogen (secondary N) is 2. The van der Waals surface area contributed by atoms with Crippen molar-refractivity contribution in [3.8, 4) is 22.9 Å². The number of alkyl halides is 3. The molecule has 4 rings (SSSR count). The molecule has 30 heavy (non-hydrogen) atoms. The van der Waals surface area contributed by atoms with Crippen LogP contribution in [0.2, 0.25) is 5.02 Å². The van der Waals surface area contributed by atoms with Gasteiger partial charge >= 0.3 is 6.18 Å². The summed E-state index contributed by atoms with van der Waals surface area (Å²) in [5.41, 5.74) is -0.0300. The van der Waals surface area contributed by atoms with Gasteiger partial charge in [-0.05, 0) is 54.6 Å². The third-order valence-electron chi connectivity index (χ3n) is 4.03. The molecule has 0 aliphatic carbocycles. The first-order valence-electron chi connectivity index (χ1n) is 8.63. The van der Waals surface area contributed by atoms with E-state index in [9.17, 15) is 13.2 Å². The van der Waals surface area contributed by atoms with Crippen LogP contribution in [0.3, 0.4) is 0 Å². The number of hydrogen-bond acceptors (Lipinski definition) is 5. The fourth-order valence-corrected chi connectivity index (χ4v) is 2.85. The van der Waals surface area contributed by atoms with E-state index >= 15 is 0 Å². The maximum absolute atomic E-state index is 13.1. The number of pyridine rings is 1. The number of nitrogens with zero attached hydrogens (tertiary/aromatic N) is 3. The summed E-state index contributed by atoms with van der Waals surface area (Å²) in [7, 11) is 0. The van der Waals surface area contributed by atoms with Crippen LogP contribution in [0.5, 0.6) is 11.5 Å². The Morgan fingerprint density at radius 2 is 1.60 bits per heavy atom. The SMILES string of the molecule is FC(F)(F)c1cc(-c2nnc(Nc3ccc(Oc4ccncc4)cc3)[nH]2)ccc1Cl. The minimum absolute atomic E-state index is 0.178. The molecule has 0 saturated carbocycles. The van der Waals surface area contributed by atoms with Gasteiger partial charge in [0.05, 0.1) is 10.6 Å². The van der Waals surface area contributed by atoms with Gasteiger partial charge in [-0.2, -0.15) is 13.2 Å². The summed E-state index contributed by atoms with van der Waals surface area (Å²) in [5.74, 6) is 1.74. The maximum Gasteiger partial charge on any atom is 0.417 e. The highest BCUT2D eigenvalue weighted by Crippen LogP contribution is 2.36. The van der Waals surface area contributed by atoms with Crippen LogP contribution in [-0.4, -0.2) is 20.2 Å². The van der Waals surface area contributed by atoms with E-state index in [1.165, 1.54) is 12.1 Å². The van der Waals surface area contributed by atoms with Crippen molar-refractivity contribution in [3.05, 3.63) is 77.6 Å². The Balaban J connectivity index is 1.47. The Hall–Kier alpha value is -3.59. The summed E-state index contributed by atoms with van der Waals surface area (Å²) in [4.78, 5) is 6.77. The molecule has 0 saturated heterocycles. The monoisotopic (exact) mass is 431 g/mol. The van der Waals surface area contributed by atoms with E-state index < -0.39 is 11.7 Å². The van der Waals surface area contributed by atoms with E-state index in [2.05, 4.69) is 25.5 Å². The Morgan fingerprint density at radius 3 is 2.30 bits per heavy atom. The van der Waals surface area contributed by atoms with E-state index in [0.29, 0.717) is 17.2 Å². The van der Waals surface area contributed by atoms with Crippen LogP contribution < -0.4 is 10.1 Å². The zero-order valence-corrected chi connectivity index (χ0v) is 15.9. The van der Waals surface area contributed by atoms with Crippen molar-refractivity contribution in [2.24, 2.45) is 0 Å². The number of H-pyrrole nitrogens is 1. The van der Waals surface area contributed by atoms with E-state index in [1.807, 2.05) is 0 Å². The molecule has 6 nitrogen and oxygen atoms in total. The van der Waals surface area contributed by atoms with Gasteiger partial charge < -0.3 is 15.0 Å². The first kappa shape index (κ1) is 19.7. The summed E-state index contributed by atoms with van der Waals surface area (Å²) in [5, 5.41) is 10.4. The number of ether oxygens (including phenoxy) is 1. The molecule has 0 fully saturated rings. The summed E-state index contributed by atoms with van der Waals surface area (Å²) in [6.45, 7) is 0. The molecule has 0 aliphatic heterocycles. The second-order valence-electron chi connectivity index (χ2n) is 6.15. The average molecular weight is 432 g/mol. The van der Waals surface area contributed by atoms with Crippen molar-refractivity contribution in [3.63, 3.8) is 0 Å². The molecule has 0 bridgehead atoms. The van der Waals surface area contributed by atoms with Gasteiger partial charge in [-0.25, -0.2) is 0 Å². The third kappa shape index (κ3) is 4.52. The second-order valence-corrected chi connectivity index (χ2v) is 6.56. The lowest BCUT2D eigenvalue weighted by Gasteiger charge is -2.09. The molecule has 2 N–H and O–H groups in total. The van der Waals surface area contributed by atoms with Crippen LogP contribution in [0.25, 0.3) is 11.4 Å². The van der Waals surface area contributed by atoms with Gasteiger partial charge in [0.1, 0.15) is 11.5 Å². The van der Waals surface area contributed by atoms with Crippen LogP contribution >= 0.6 is 11.6 Å².